The van der Waals surface area contributed by atoms with Crippen molar-refractivity contribution in [3.05, 3.63) is 41.5 Å². The Balaban J connectivity index is 1.53. The number of carbonyl (C=O) groups is 2. The van der Waals surface area contributed by atoms with E-state index in [0.717, 1.165) is 30.6 Å². The molecule has 2 aliphatic heterocycles. The van der Waals surface area contributed by atoms with Crippen LogP contribution >= 0.6 is 0 Å². The molecule has 1 atom stereocenters. The summed E-state index contributed by atoms with van der Waals surface area (Å²) in [6.45, 7) is 1.89. The number of carbonyl (C=O) groups excluding carboxylic acids is 2. The molecule has 1 fully saturated rings. The maximum absolute atomic E-state index is 12.7. The SMILES string of the molecule is CN(C)C(=O)c1nc(CN2CCCC3(C2)C(=O)Nc2ccccc23)no1. The summed E-state index contributed by atoms with van der Waals surface area (Å²) < 4.78 is 5.07. The van der Waals surface area contributed by atoms with E-state index in [0.29, 0.717) is 18.9 Å². The van der Waals surface area contributed by atoms with Crippen LogP contribution in [0.15, 0.2) is 28.8 Å². The summed E-state index contributed by atoms with van der Waals surface area (Å²) in [5, 5.41) is 6.92. The minimum atomic E-state index is -0.527. The van der Waals surface area contributed by atoms with Gasteiger partial charge < -0.3 is 14.7 Å². The third kappa shape index (κ3) is 2.66. The van der Waals surface area contributed by atoms with Crippen LogP contribution in [0.2, 0.25) is 0 Å². The molecular weight excluding hydrogens is 334 g/mol. The smallest absolute Gasteiger partial charge is 0.316 e. The Morgan fingerprint density at radius 2 is 2.19 bits per heavy atom. The molecule has 1 N–H and O–H groups in total. The van der Waals surface area contributed by atoms with Gasteiger partial charge in [-0.25, -0.2) is 0 Å². The van der Waals surface area contributed by atoms with Crippen LogP contribution < -0.4 is 5.32 Å². The zero-order valence-electron chi connectivity index (χ0n) is 14.9. The average Bonchev–Trinajstić information content (AvgIpc) is 3.19. The lowest BCUT2D eigenvalue weighted by atomic mass is 9.75. The number of anilines is 1. The molecule has 1 spiro atoms. The highest BCUT2D eigenvalue weighted by atomic mass is 16.5. The number of hydrogen-bond donors (Lipinski definition) is 1. The van der Waals surface area contributed by atoms with Gasteiger partial charge in [-0.1, -0.05) is 23.4 Å². The summed E-state index contributed by atoms with van der Waals surface area (Å²) in [6.07, 6.45) is 1.73. The first kappa shape index (κ1) is 16.7. The minimum Gasteiger partial charge on any atom is -0.341 e. The van der Waals surface area contributed by atoms with E-state index in [-0.39, 0.29) is 17.7 Å². The molecule has 0 bridgehead atoms. The van der Waals surface area contributed by atoms with Crippen LogP contribution in [-0.2, 0) is 16.8 Å². The van der Waals surface area contributed by atoms with Crippen molar-refractivity contribution in [2.24, 2.45) is 0 Å². The number of rotatable bonds is 3. The molecule has 2 aliphatic rings. The molecule has 3 heterocycles. The predicted molar refractivity (Wildman–Crippen MR) is 93.6 cm³/mol. The molecule has 1 saturated heterocycles. The summed E-state index contributed by atoms with van der Waals surface area (Å²) >= 11 is 0. The van der Waals surface area contributed by atoms with Gasteiger partial charge in [-0.05, 0) is 31.0 Å². The summed E-state index contributed by atoms with van der Waals surface area (Å²) in [7, 11) is 3.27. The molecular formula is C18H21N5O3. The first-order valence-electron chi connectivity index (χ1n) is 8.67. The molecule has 0 saturated carbocycles. The molecule has 1 aromatic heterocycles. The predicted octanol–water partition coefficient (Wildman–Crippen LogP) is 1.26. The fourth-order valence-corrected chi connectivity index (χ4v) is 3.85. The van der Waals surface area contributed by atoms with Crippen molar-refractivity contribution in [2.45, 2.75) is 24.8 Å². The van der Waals surface area contributed by atoms with Crippen molar-refractivity contribution < 1.29 is 14.1 Å². The Labute approximate surface area is 151 Å². The van der Waals surface area contributed by atoms with Gasteiger partial charge in [-0.15, -0.1) is 0 Å². The van der Waals surface area contributed by atoms with Crippen molar-refractivity contribution in [1.82, 2.24) is 19.9 Å². The van der Waals surface area contributed by atoms with E-state index in [4.69, 9.17) is 4.52 Å². The second-order valence-electron chi connectivity index (χ2n) is 7.11. The summed E-state index contributed by atoms with van der Waals surface area (Å²) in [4.78, 5) is 32.4. The molecule has 2 aromatic rings. The van der Waals surface area contributed by atoms with Gasteiger partial charge in [0.1, 0.15) is 0 Å². The fraction of sp³-hybridized carbons (Fsp3) is 0.444. The fourth-order valence-electron chi connectivity index (χ4n) is 3.85. The Bertz CT molecular complexity index is 862. The van der Waals surface area contributed by atoms with Gasteiger partial charge in [0.25, 0.3) is 0 Å². The Hall–Kier alpha value is -2.74. The Morgan fingerprint density at radius 1 is 1.38 bits per heavy atom. The first-order chi connectivity index (χ1) is 12.5. The molecule has 1 unspecified atom stereocenters. The number of hydrogen-bond acceptors (Lipinski definition) is 6. The number of piperidine rings is 1. The first-order valence-corrected chi connectivity index (χ1v) is 8.67. The van der Waals surface area contributed by atoms with Crippen molar-refractivity contribution in [1.29, 1.82) is 0 Å². The number of likely N-dealkylation sites (tertiary alicyclic amines) is 1. The minimum absolute atomic E-state index is 0.0133. The highest BCUT2D eigenvalue weighted by Gasteiger charge is 2.49. The van der Waals surface area contributed by atoms with E-state index in [1.165, 1.54) is 4.90 Å². The summed E-state index contributed by atoms with van der Waals surface area (Å²) in [5.74, 6) is 0.183. The van der Waals surface area contributed by atoms with Gasteiger partial charge in [0.05, 0.1) is 12.0 Å². The van der Waals surface area contributed by atoms with Crippen LogP contribution in [-0.4, -0.2) is 58.9 Å². The highest BCUT2D eigenvalue weighted by Crippen LogP contribution is 2.43. The Kier molecular flexibility index (Phi) is 3.99. The van der Waals surface area contributed by atoms with E-state index in [2.05, 4.69) is 20.4 Å². The number of amides is 2. The van der Waals surface area contributed by atoms with Crippen LogP contribution in [0.4, 0.5) is 5.69 Å². The van der Waals surface area contributed by atoms with Crippen LogP contribution in [0.1, 0.15) is 34.9 Å². The molecule has 4 rings (SSSR count). The third-order valence-corrected chi connectivity index (χ3v) is 5.12. The molecule has 136 valence electrons. The number of nitrogens with one attached hydrogen (secondary N) is 1. The number of para-hydroxylation sites is 1. The van der Waals surface area contributed by atoms with Crippen molar-refractivity contribution >= 4 is 17.5 Å². The third-order valence-electron chi connectivity index (χ3n) is 5.12. The lowest BCUT2D eigenvalue weighted by molar-refractivity contribution is -0.123. The van der Waals surface area contributed by atoms with Gasteiger partial charge in [0, 0.05) is 26.3 Å². The average molecular weight is 355 g/mol. The number of fused-ring (bicyclic) bond motifs is 2. The monoisotopic (exact) mass is 355 g/mol. The van der Waals surface area contributed by atoms with Crippen LogP contribution in [0.25, 0.3) is 0 Å². The van der Waals surface area contributed by atoms with Crippen molar-refractivity contribution in [3.8, 4) is 0 Å². The summed E-state index contributed by atoms with van der Waals surface area (Å²) in [5.41, 5.74) is 1.44. The van der Waals surface area contributed by atoms with E-state index in [1.54, 1.807) is 14.1 Å². The molecule has 26 heavy (non-hydrogen) atoms. The molecule has 0 radical (unpaired) electrons. The van der Waals surface area contributed by atoms with Crippen molar-refractivity contribution in [2.75, 3.05) is 32.5 Å². The molecule has 8 heteroatoms. The lowest BCUT2D eigenvalue weighted by Crippen LogP contribution is -2.49. The van der Waals surface area contributed by atoms with Gasteiger partial charge in [0.15, 0.2) is 5.82 Å². The maximum atomic E-state index is 12.7. The van der Waals surface area contributed by atoms with Gasteiger partial charge in [0.2, 0.25) is 5.91 Å². The topological polar surface area (TPSA) is 91.6 Å². The number of benzene rings is 1. The second kappa shape index (κ2) is 6.21. The van der Waals surface area contributed by atoms with Crippen LogP contribution in [0, 0.1) is 0 Å². The lowest BCUT2D eigenvalue weighted by Gasteiger charge is -2.38. The molecule has 1 aromatic carbocycles. The maximum Gasteiger partial charge on any atom is 0.316 e. The van der Waals surface area contributed by atoms with E-state index >= 15 is 0 Å². The van der Waals surface area contributed by atoms with Gasteiger partial charge in [-0.3, -0.25) is 14.5 Å². The molecule has 8 nitrogen and oxygen atoms in total. The highest BCUT2D eigenvalue weighted by molar-refractivity contribution is 6.06. The standard InChI is InChI=1S/C18H21N5O3/c1-22(2)16(24)15-20-14(21-26-15)10-23-9-5-8-18(11-23)12-6-3-4-7-13(12)19-17(18)25/h3-4,6-7H,5,8-11H2,1-2H3,(H,19,25). The van der Waals surface area contributed by atoms with Gasteiger partial charge >= 0.3 is 11.8 Å². The number of aromatic nitrogens is 2. The van der Waals surface area contributed by atoms with E-state index < -0.39 is 5.41 Å². The largest absolute Gasteiger partial charge is 0.341 e. The van der Waals surface area contributed by atoms with E-state index in [1.807, 2.05) is 24.3 Å². The van der Waals surface area contributed by atoms with Crippen LogP contribution in [0.5, 0.6) is 0 Å². The number of nitrogens with zero attached hydrogens (tertiary/aromatic N) is 4. The van der Waals surface area contributed by atoms with Gasteiger partial charge in [-0.2, -0.15) is 4.98 Å². The van der Waals surface area contributed by atoms with Crippen LogP contribution in [0.3, 0.4) is 0 Å². The molecule has 2 amide bonds. The zero-order chi connectivity index (χ0) is 18.3. The quantitative estimate of drug-likeness (QED) is 0.891. The van der Waals surface area contributed by atoms with E-state index in [9.17, 15) is 9.59 Å². The summed E-state index contributed by atoms with van der Waals surface area (Å²) in [6, 6.07) is 7.87. The second-order valence-corrected chi connectivity index (χ2v) is 7.11. The molecule has 0 aliphatic carbocycles. The Morgan fingerprint density at radius 3 is 3.00 bits per heavy atom. The van der Waals surface area contributed by atoms with Crippen molar-refractivity contribution in [3.63, 3.8) is 0 Å². The zero-order valence-corrected chi connectivity index (χ0v) is 14.9. The normalized spacial score (nSPS) is 22.3.